The zero-order chi connectivity index (χ0) is 14.2. The van der Waals surface area contributed by atoms with Crippen molar-refractivity contribution < 1.29 is 4.52 Å². The second kappa shape index (κ2) is 5.09. The molecule has 21 heavy (non-hydrogen) atoms. The average molecular weight is 285 g/mol. The predicted octanol–water partition coefficient (Wildman–Crippen LogP) is 2.25. The summed E-state index contributed by atoms with van der Waals surface area (Å²) >= 11 is 0. The molecule has 0 amide bonds. The van der Waals surface area contributed by atoms with Gasteiger partial charge >= 0.3 is 0 Å². The molecule has 110 valence electrons. The summed E-state index contributed by atoms with van der Waals surface area (Å²) in [5, 5.41) is 4.17. The minimum atomic E-state index is 0.189. The number of anilines is 1. The van der Waals surface area contributed by atoms with Crippen LogP contribution in [0.15, 0.2) is 10.9 Å². The molecular weight excluding hydrogens is 266 g/mol. The molecule has 0 unspecified atom stereocenters. The van der Waals surface area contributed by atoms with Gasteiger partial charge in [-0.1, -0.05) is 12.1 Å². The summed E-state index contributed by atoms with van der Waals surface area (Å²) < 4.78 is 5.28. The van der Waals surface area contributed by atoms with Gasteiger partial charge in [-0.2, -0.15) is 4.98 Å². The van der Waals surface area contributed by atoms with Crippen molar-refractivity contribution in [3.05, 3.63) is 29.3 Å². The Morgan fingerprint density at radius 1 is 1.29 bits per heavy atom. The Hall–Kier alpha value is -1.98. The first kappa shape index (κ1) is 12.7. The molecule has 1 atom stereocenters. The Bertz CT molecular complexity index is 653. The maximum absolute atomic E-state index is 5.28. The van der Waals surface area contributed by atoms with E-state index < -0.39 is 0 Å². The van der Waals surface area contributed by atoms with Gasteiger partial charge in [0.05, 0.1) is 6.04 Å². The lowest BCUT2D eigenvalue weighted by Crippen LogP contribution is -2.26. The molecule has 2 aliphatic rings. The largest absolute Gasteiger partial charge is 0.346 e. The van der Waals surface area contributed by atoms with Gasteiger partial charge in [0.15, 0.2) is 5.82 Å². The van der Waals surface area contributed by atoms with Gasteiger partial charge in [-0.25, -0.2) is 9.97 Å². The molecule has 3 heterocycles. The maximum atomic E-state index is 5.28. The average Bonchev–Trinajstić information content (AvgIpc) is 3.25. The molecular formula is C15H19N5O. The van der Waals surface area contributed by atoms with Crippen molar-refractivity contribution in [2.75, 3.05) is 11.4 Å². The number of nitrogens with zero attached hydrogens (tertiary/aromatic N) is 5. The van der Waals surface area contributed by atoms with Crippen molar-refractivity contribution in [2.24, 2.45) is 0 Å². The molecule has 1 aliphatic heterocycles. The first-order valence-corrected chi connectivity index (χ1v) is 7.78. The van der Waals surface area contributed by atoms with Gasteiger partial charge in [-0.05, 0) is 32.1 Å². The van der Waals surface area contributed by atoms with E-state index in [1.807, 2.05) is 6.92 Å². The highest BCUT2D eigenvalue weighted by Crippen LogP contribution is 2.37. The summed E-state index contributed by atoms with van der Waals surface area (Å²) in [5.41, 5.74) is 2.54. The third kappa shape index (κ3) is 2.09. The summed E-state index contributed by atoms with van der Waals surface area (Å²) in [4.78, 5) is 15.8. The minimum Gasteiger partial charge on any atom is -0.346 e. The molecule has 0 spiro atoms. The monoisotopic (exact) mass is 285 g/mol. The van der Waals surface area contributed by atoms with Crippen molar-refractivity contribution in [3.63, 3.8) is 0 Å². The smallest absolute Gasteiger partial charge is 0.226 e. The summed E-state index contributed by atoms with van der Waals surface area (Å²) in [6.45, 7) is 3.03. The Morgan fingerprint density at radius 3 is 3.10 bits per heavy atom. The van der Waals surface area contributed by atoms with Crippen LogP contribution in [0.1, 0.15) is 55.2 Å². The lowest BCUT2D eigenvalue weighted by atomic mass is 10.2. The van der Waals surface area contributed by atoms with E-state index in [-0.39, 0.29) is 6.04 Å². The number of rotatable bonds is 3. The zero-order valence-electron chi connectivity index (χ0n) is 12.2. The molecule has 2 aromatic heterocycles. The Labute approximate surface area is 123 Å². The van der Waals surface area contributed by atoms with Crippen LogP contribution in [0.3, 0.4) is 0 Å². The maximum Gasteiger partial charge on any atom is 0.226 e. The molecule has 0 N–H and O–H groups in total. The molecule has 4 rings (SSSR count). The number of aryl methyl sites for hydroxylation is 2. The molecule has 0 aromatic carbocycles. The van der Waals surface area contributed by atoms with Gasteiger partial charge in [0.2, 0.25) is 5.89 Å². The fourth-order valence-corrected chi connectivity index (χ4v) is 3.43. The van der Waals surface area contributed by atoms with Crippen LogP contribution < -0.4 is 4.90 Å². The second-order valence-electron chi connectivity index (χ2n) is 5.73. The molecule has 1 aliphatic carbocycles. The van der Waals surface area contributed by atoms with Crippen LogP contribution in [0.25, 0.3) is 0 Å². The van der Waals surface area contributed by atoms with Crippen molar-refractivity contribution >= 4 is 5.82 Å². The highest BCUT2D eigenvalue weighted by atomic mass is 16.5. The summed E-state index contributed by atoms with van der Waals surface area (Å²) in [7, 11) is 0. The lowest BCUT2D eigenvalue weighted by Gasteiger charge is -2.25. The van der Waals surface area contributed by atoms with Crippen LogP contribution in [0.4, 0.5) is 5.82 Å². The third-order valence-electron chi connectivity index (χ3n) is 4.46. The Morgan fingerprint density at radius 2 is 2.24 bits per heavy atom. The van der Waals surface area contributed by atoms with Crippen LogP contribution in [0, 0.1) is 0 Å². The SMILES string of the molecule is CCc1nc([C@@H]2CCCN2c2ncnc3c2CCC3)no1. The third-order valence-corrected chi connectivity index (χ3v) is 4.46. The summed E-state index contributed by atoms with van der Waals surface area (Å²) in [6.07, 6.45) is 8.01. The van der Waals surface area contributed by atoms with Crippen LogP contribution >= 0.6 is 0 Å². The fourth-order valence-electron chi connectivity index (χ4n) is 3.43. The normalized spacial score (nSPS) is 21.0. The van der Waals surface area contributed by atoms with Gasteiger partial charge in [0.25, 0.3) is 0 Å². The van der Waals surface area contributed by atoms with E-state index in [2.05, 4.69) is 25.0 Å². The Kier molecular flexibility index (Phi) is 3.09. The number of aromatic nitrogens is 4. The van der Waals surface area contributed by atoms with E-state index in [0.717, 1.165) is 50.3 Å². The minimum absolute atomic E-state index is 0.189. The van der Waals surface area contributed by atoms with Crippen molar-refractivity contribution in [1.82, 2.24) is 20.1 Å². The van der Waals surface area contributed by atoms with E-state index in [4.69, 9.17) is 4.52 Å². The molecule has 1 saturated heterocycles. The first-order valence-electron chi connectivity index (χ1n) is 7.78. The fraction of sp³-hybridized carbons (Fsp3) is 0.600. The molecule has 6 heteroatoms. The van der Waals surface area contributed by atoms with Crippen LogP contribution in [0.2, 0.25) is 0 Å². The molecule has 6 nitrogen and oxygen atoms in total. The number of fused-ring (bicyclic) bond motifs is 1. The van der Waals surface area contributed by atoms with Crippen molar-refractivity contribution in [2.45, 2.75) is 51.5 Å². The zero-order valence-corrected chi connectivity index (χ0v) is 12.2. The topological polar surface area (TPSA) is 67.9 Å². The Balaban J connectivity index is 1.69. The van der Waals surface area contributed by atoms with E-state index in [1.54, 1.807) is 6.33 Å². The van der Waals surface area contributed by atoms with Crippen LogP contribution in [-0.4, -0.2) is 26.7 Å². The van der Waals surface area contributed by atoms with Gasteiger partial charge in [0, 0.05) is 24.2 Å². The molecule has 2 aromatic rings. The highest BCUT2D eigenvalue weighted by Gasteiger charge is 2.33. The number of hydrogen-bond acceptors (Lipinski definition) is 6. The van der Waals surface area contributed by atoms with Crippen LogP contribution in [0.5, 0.6) is 0 Å². The van der Waals surface area contributed by atoms with E-state index >= 15 is 0 Å². The molecule has 0 bridgehead atoms. The van der Waals surface area contributed by atoms with Crippen molar-refractivity contribution in [1.29, 1.82) is 0 Å². The van der Waals surface area contributed by atoms with E-state index in [0.29, 0.717) is 5.89 Å². The molecule has 0 saturated carbocycles. The van der Waals surface area contributed by atoms with E-state index in [1.165, 1.54) is 17.7 Å². The predicted molar refractivity (Wildman–Crippen MR) is 77.1 cm³/mol. The molecule has 0 radical (unpaired) electrons. The summed E-state index contributed by atoms with van der Waals surface area (Å²) in [5.74, 6) is 2.60. The quantitative estimate of drug-likeness (QED) is 0.861. The summed E-state index contributed by atoms with van der Waals surface area (Å²) in [6, 6.07) is 0.189. The van der Waals surface area contributed by atoms with Gasteiger partial charge < -0.3 is 9.42 Å². The highest BCUT2D eigenvalue weighted by molar-refractivity contribution is 5.52. The van der Waals surface area contributed by atoms with Gasteiger partial charge in [-0.15, -0.1) is 0 Å². The molecule has 1 fully saturated rings. The van der Waals surface area contributed by atoms with E-state index in [9.17, 15) is 0 Å². The number of hydrogen-bond donors (Lipinski definition) is 0. The van der Waals surface area contributed by atoms with Gasteiger partial charge in [-0.3, -0.25) is 0 Å². The first-order chi connectivity index (χ1) is 10.4. The lowest BCUT2D eigenvalue weighted by molar-refractivity contribution is 0.373. The standard InChI is InChI=1S/C15H19N5O/c1-2-13-18-14(19-21-13)12-7-4-8-20(12)15-10-5-3-6-11(10)16-9-17-15/h9,12H,2-8H2,1H3/t12-/m0/s1. The second-order valence-corrected chi connectivity index (χ2v) is 5.73. The van der Waals surface area contributed by atoms with Gasteiger partial charge in [0.1, 0.15) is 12.1 Å². The van der Waals surface area contributed by atoms with Crippen molar-refractivity contribution in [3.8, 4) is 0 Å². The van der Waals surface area contributed by atoms with Crippen LogP contribution in [-0.2, 0) is 19.3 Å².